The summed E-state index contributed by atoms with van der Waals surface area (Å²) in [5.74, 6) is 0. The van der Waals surface area contributed by atoms with E-state index in [2.05, 4.69) is 19.2 Å². The van der Waals surface area contributed by atoms with Gasteiger partial charge in [0.2, 0.25) is 0 Å². The first-order valence-corrected chi connectivity index (χ1v) is 5.99. The zero-order valence-electron chi connectivity index (χ0n) is 8.46. The van der Waals surface area contributed by atoms with Gasteiger partial charge in [0.15, 0.2) is 0 Å². The van der Waals surface area contributed by atoms with E-state index in [1.165, 1.54) is 4.88 Å². The molecule has 0 radical (unpaired) electrons. The van der Waals surface area contributed by atoms with Gasteiger partial charge in [0, 0.05) is 17.0 Å². The first-order chi connectivity index (χ1) is 6.67. The van der Waals surface area contributed by atoms with Crippen LogP contribution in [-0.4, -0.2) is 17.8 Å². The number of aliphatic hydroxyl groups is 1. The standard InChI is InChI=1S/C10H16ClNOS/c1-3-8(6-13)12-7(2)9-4-5-10(11)14-9/h4-5,7-8,12-13H,3,6H2,1-2H3/t7-,8+/m1/s1. The Labute approximate surface area is 93.9 Å². The van der Waals surface area contributed by atoms with E-state index >= 15 is 0 Å². The van der Waals surface area contributed by atoms with Crippen LogP contribution in [0, 0.1) is 0 Å². The van der Waals surface area contributed by atoms with E-state index in [1.807, 2.05) is 12.1 Å². The lowest BCUT2D eigenvalue weighted by molar-refractivity contribution is 0.230. The Morgan fingerprint density at radius 3 is 2.71 bits per heavy atom. The molecule has 0 amide bonds. The minimum Gasteiger partial charge on any atom is -0.395 e. The van der Waals surface area contributed by atoms with Gasteiger partial charge in [0.1, 0.15) is 0 Å². The number of aliphatic hydroxyl groups excluding tert-OH is 1. The lowest BCUT2D eigenvalue weighted by Gasteiger charge is -2.19. The van der Waals surface area contributed by atoms with Gasteiger partial charge in [0.25, 0.3) is 0 Å². The summed E-state index contributed by atoms with van der Waals surface area (Å²) in [5, 5.41) is 12.4. The van der Waals surface area contributed by atoms with Crippen molar-refractivity contribution < 1.29 is 5.11 Å². The van der Waals surface area contributed by atoms with Crippen molar-refractivity contribution in [2.45, 2.75) is 32.4 Å². The van der Waals surface area contributed by atoms with E-state index in [9.17, 15) is 0 Å². The van der Waals surface area contributed by atoms with Crippen molar-refractivity contribution in [1.82, 2.24) is 5.32 Å². The van der Waals surface area contributed by atoms with Crippen LogP contribution in [0.15, 0.2) is 12.1 Å². The zero-order valence-corrected chi connectivity index (χ0v) is 10.0. The minimum atomic E-state index is 0.172. The highest BCUT2D eigenvalue weighted by molar-refractivity contribution is 7.16. The van der Waals surface area contributed by atoms with Crippen LogP contribution < -0.4 is 5.32 Å². The van der Waals surface area contributed by atoms with E-state index in [0.29, 0.717) is 0 Å². The summed E-state index contributed by atoms with van der Waals surface area (Å²) in [5.41, 5.74) is 0. The fourth-order valence-electron chi connectivity index (χ4n) is 1.30. The quantitative estimate of drug-likeness (QED) is 0.820. The van der Waals surface area contributed by atoms with E-state index in [1.54, 1.807) is 11.3 Å². The van der Waals surface area contributed by atoms with Gasteiger partial charge >= 0.3 is 0 Å². The number of rotatable bonds is 5. The Bertz CT molecular complexity index is 273. The van der Waals surface area contributed by atoms with Crippen LogP contribution >= 0.6 is 22.9 Å². The van der Waals surface area contributed by atoms with Gasteiger partial charge in [-0.2, -0.15) is 0 Å². The average Bonchev–Trinajstić information content (AvgIpc) is 2.61. The molecule has 0 spiro atoms. The van der Waals surface area contributed by atoms with Crippen molar-refractivity contribution >= 4 is 22.9 Å². The fourth-order valence-corrected chi connectivity index (χ4v) is 2.37. The Kier molecular flexibility index (Phi) is 4.89. The second-order valence-corrected chi connectivity index (χ2v) is 5.06. The van der Waals surface area contributed by atoms with Gasteiger partial charge < -0.3 is 10.4 Å². The first-order valence-electron chi connectivity index (χ1n) is 4.79. The molecular weight excluding hydrogens is 218 g/mol. The van der Waals surface area contributed by atoms with Gasteiger partial charge in [-0.15, -0.1) is 11.3 Å². The van der Waals surface area contributed by atoms with E-state index < -0.39 is 0 Å². The fraction of sp³-hybridized carbons (Fsp3) is 0.600. The van der Waals surface area contributed by atoms with Crippen molar-refractivity contribution in [3.05, 3.63) is 21.3 Å². The van der Waals surface area contributed by atoms with Crippen LogP contribution in [0.5, 0.6) is 0 Å². The third-order valence-electron chi connectivity index (χ3n) is 2.22. The lowest BCUT2D eigenvalue weighted by Crippen LogP contribution is -2.33. The Hall–Kier alpha value is -0.0900. The monoisotopic (exact) mass is 233 g/mol. The third-order valence-corrected chi connectivity index (χ3v) is 3.63. The van der Waals surface area contributed by atoms with Crippen molar-refractivity contribution in [3.63, 3.8) is 0 Å². The highest BCUT2D eigenvalue weighted by Crippen LogP contribution is 2.26. The summed E-state index contributed by atoms with van der Waals surface area (Å²) >= 11 is 7.43. The number of hydrogen-bond acceptors (Lipinski definition) is 3. The maximum Gasteiger partial charge on any atom is 0.0931 e. The normalized spacial score (nSPS) is 15.4. The highest BCUT2D eigenvalue weighted by atomic mass is 35.5. The molecule has 14 heavy (non-hydrogen) atoms. The molecule has 2 nitrogen and oxygen atoms in total. The third kappa shape index (κ3) is 3.24. The van der Waals surface area contributed by atoms with Gasteiger partial charge in [0.05, 0.1) is 10.9 Å². The summed E-state index contributed by atoms with van der Waals surface area (Å²) in [7, 11) is 0. The molecule has 0 aliphatic rings. The Morgan fingerprint density at radius 1 is 1.57 bits per heavy atom. The van der Waals surface area contributed by atoms with E-state index in [4.69, 9.17) is 16.7 Å². The molecule has 0 saturated carbocycles. The molecule has 0 aliphatic heterocycles. The summed E-state index contributed by atoms with van der Waals surface area (Å²) in [6.45, 7) is 4.32. The lowest BCUT2D eigenvalue weighted by atomic mass is 10.2. The van der Waals surface area contributed by atoms with Crippen LogP contribution in [0.3, 0.4) is 0 Å². The molecule has 2 N–H and O–H groups in total. The largest absolute Gasteiger partial charge is 0.395 e. The predicted molar refractivity (Wildman–Crippen MR) is 62.0 cm³/mol. The average molecular weight is 234 g/mol. The SMILES string of the molecule is CC[C@@H](CO)N[C@H](C)c1ccc(Cl)s1. The van der Waals surface area contributed by atoms with Crippen LogP contribution in [0.1, 0.15) is 31.2 Å². The Balaban J connectivity index is 2.53. The molecule has 80 valence electrons. The van der Waals surface area contributed by atoms with E-state index in [-0.39, 0.29) is 18.7 Å². The van der Waals surface area contributed by atoms with Gasteiger partial charge in [-0.3, -0.25) is 0 Å². The van der Waals surface area contributed by atoms with Crippen LogP contribution in [0.4, 0.5) is 0 Å². The Morgan fingerprint density at radius 2 is 2.29 bits per heavy atom. The maximum atomic E-state index is 9.04. The minimum absolute atomic E-state index is 0.172. The summed E-state index contributed by atoms with van der Waals surface area (Å²) < 4.78 is 0.811. The van der Waals surface area contributed by atoms with Crippen molar-refractivity contribution in [1.29, 1.82) is 0 Å². The van der Waals surface area contributed by atoms with Crippen LogP contribution in [0.2, 0.25) is 4.34 Å². The summed E-state index contributed by atoms with van der Waals surface area (Å²) in [6, 6.07) is 4.35. The van der Waals surface area contributed by atoms with Crippen molar-refractivity contribution in [3.8, 4) is 0 Å². The molecule has 1 aromatic rings. The van der Waals surface area contributed by atoms with Crippen LogP contribution in [-0.2, 0) is 0 Å². The molecule has 0 fully saturated rings. The molecule has 1 rings (SSSR count). The molecule has 2 atom stereocenters. The predicted octanol–water partition coefficient (Wildman–Crippen LogP) is 2.82. The second-order valence-electron chi connectivity index (χ2n) is 3.32. The van der Waals surface area contributed by atoms with Gasteiger partial charge in [-0.25, -0.2) is 0 Å². The number of thiophene rings is 1. The maximum absolute atomic E-state index is 9.04. The molecule has 1 aromatic heterocycles. The molecular formula is C10H16ClNOS. The smallest absolute Gasteiger partial charge is 0.0931 e. The summed E-state index contributed by atoms with van der Waals surface area (Å²) in [6.07, 6.45) is 0.931. The molecule has 1 heterocycles. The number of halogens is 1. The molecule has 4 heteroatoms. The van der Waals surface area contributed by atoms with Gasteiger partial charge in [-0.1, -0.05) is 18.5 Å². The number of hydrogen-bond donors (Lipinski definition) is 2. The first kappa shape index (κ1) is 12.0. The van der Waals surface area contributed by atoms with Crippen LogP contribution in [0.25, 0.3) is 0 Å². The molecule has 0 saturated heterocycles. The van der Waals surface area contributed by atoms with Crippen molar-refractivity contribution in [2.24, 2.45) is 0 Å². The van der Waals surface area contributed by atoms with E-state index in [0.717, 1.165) is 10.8 Å². The second kappa shape index (κ2) is 5.71. The molecule has 0 aliphatic carbocycles. The summed E-state index contributed by atoms with van der Waals surface area (Å²) in [4.78, 5) is 1.21. The molecule has 0 bridgehead atoms. The zero-order chi connectivity index (χ0) is 10.6. The number of nitrogens with one attached hydrogen (secondary N) is 1. The highest BCUT2D eigenvalue weighted by Gasteiger charge is 2.12. The van der Waals surface area contributed by atoms with Crippen molar-refractivity contribution in [2.75, 3.05) is 6.61 Å². The topological polar surface area (TPSA) is 32.3 Å². The molecule has 0 aromatic carbocycles. The molecule has 0 unspecified atom stereocenters. The van der Waals surface area contributed by atoms with Gasteiger partial charge in [-0.05, 0) is 25.5 Å².